The first-order valence-electron chi connectivity index (χ1n) is 5.29. The van der Waals surface area contributed by atoms with Crippen LogP contribution in [0.4, 0.5) is 20.2 Å². The van der Waals surface area contributed by atoms with Crippen LogP contribution in [-0.4, -0.2) is 5.91 Å². The van der Waals surface area contributed by atoms with Gasteiger partial charge in [0.05, 0.1) is 22.0 Å². The standard InChI is InChI=1S/C13H9ClF2N2O/c14-9-3-1-2-8(12(9)17)13(19)18-11-6-7(15)4-5-10(11)16/h1-6H,17H2,(H,18,19). The van der Waals surface area contributed by atoms with E-state index in [9.17, 15) is 13.6 Å². The van der Waals surface area contributed by atoms with E-state index in [1.165, 1.54) is 18.2 Å². The van der Waals surface area contributed by atoms with Crippen LogP contribution in [-0.2, 0) is 0 Å². The predicted octanol–water partition coefficient (Wildman–Crippen LogP) is 3.45. The molecular formula is C13H9ClF2N2O. The molecule has 2 rings (SSSR count). The summed E-state index contributed by atoms with van der Waals surface area (Å²) in [6.07, 6.45) is 0. The molecule has 0 unspecified atom stereocenters. The summed E-state index contributed by atoms with van der Waals surface area (Å²) in [5.74, 6) is -2.06. The third-order valence-corrected chi connectivity index (χ3v) is 2.80. The van der Waals surface area contributed by atoms with Gasteiger partial charge in [-0.15, -0.1) is 0 Å². The molecule has 0 aliphatic carbocycles. The molecule has 2 aromatic carbocycles. The van der Waals surface area contributed by atoms with Crippen molar-refractivity contribution in [3.63, 3.8) is 0 Å². The Morgan fingerprint density at radius 2 is 1.95 bits per heavy atom. The van der Waals surface area contributed by atoms with Crippen molar-refractivity contribution in [3.8, 4) is 0 Å². The number of nitrogen functional groups attached to an aromatic ring is 1. The van der Waals surface area contributed by atoms with E-state index in [-0.39, 0.29) is 22.0 Å². The fourth-order valence-electron chi connectivity index (χ4n) is 1.52. The van der Waals surface area contributed by atoms with Crippen LogP contribution in [0.5, 0.6) is 0 Å². The lowest BCUT2D eigenvalue weighted by Crippen LogP contribution is -2.15. The van der Waals surface area contributed by atoms with Crippen LogP contribution >= 0.6 is 11.6 Å². The van der Waals surface area contributed by atoms with Crippen molar-refractivity contribution in [2.45, 2.75) is 0 Å². The quantitative estimate of drug-likeness (QED) is 0.829. The second-order valence-electron chi connectivity index (χ2n) is 3.78. The van der Waals surface area contributed by atoms with Gasteiger partial charge in [-0.1, -0.05) is 17.7 Å². The first-order chi connectivity index (χ1) is 8.99. The molecule has 0 fully saturated rings. The number of rotatable bonds is 2. The van der Waals surface area contributed by atoms with Crippen molar-refractivity contribution in [2.75, 3.05) is 11.1 Å². The maximum atomic E-state index is 13.4. The molecule has 0 atom stereocenters. The SMILES string of the molecule is Nc1c(Cl)cccc1C(=O)Nc1cc(F)ccc1F. The Labute approximate surface area is 113 Å². The van der Waals surface area contributed by atoms with E-state index in [0.29, 0.717) is 0 Å². The van der Waals surface area contributed by atoms with Crippen LogP contribution in [0, 0.1) is 11.6 Å². The number of nitrogens with one attached hydrogen (secondary N) is 1. The maximum absolute atomic E-state index is 13.4. The molecule has 0 aromatic heterocycles. The van der Waals surface area contributed by atoms with Crippen LogP contribution in [0.3, 0.4) is 0 Å². The van der Waals surface area contributed by atoms with Gasteiger partial charge >= 0.3 is 0 Å². The van der Waals surface area contributed by atoms with Gasteiger partial charge in [0.1, 0.15) is 11.6 Å². The van der Waals surface area contributed by atoms with Crippen LogP contribution in [0.1, 0.15) is 10.4 Å². The zero-order valence-corrected chi connectivity index (χ0v) is 10.3. The third-order valence-electron chi connectivity index (χ3n) is 2.47. The molecule has 3 N–H and O–H groups in total. The summed E-state index contributed by atoms with van der Waals surface area (Å²) in [6.45, 7) is 0. The lowest BCUT2D eigenvalue weighted by molar-refractivity contribution is 0.102. The number of nitrogens with two attached hydrogens (primary N) is 1. The van der Waals surface area contributed by atoms with E-state index >= 15 is 0 Å². The summed E-state index contributed by atoms with van der Waals surface area (Å²) in [6, 6.07) is 7.26. The molecule has 0 heterocycles. The molecule has 0 bridgehead atoms. The summed E-state index contributed by atoms with van der Waals surface area (Å²) in [5, 5.41) is 2.46. The Morgan fingerprint density at radius 3 is 2.68 bits per heavy atom. The number of anilines is 2. The second-order valence-corrected chi connectivity index (χ2v) is 4.19. The zero-order valence-electron chi connectivity index (χ0n) is 9.58. The van der Waals surface area contributed by atoms with Crippen LogP contribution in [0.25, 0.3) is 0 Å². The Balaban J connectivity index is 2.31. The van der Waals surface area contributed by atoms with Gasteiger partial charge < -0.3 is 11.1 Å². The molecule has 0 radical (unpaired) electrons. The zero-order chi connectivity index (χ0) is 14.0. The lowest BCUT2D eigenvalue weighted by Gasteiger charge is -2.09. The van der Waals surface area contributed by atoms with Gasteiger partial charge in [-0.05, 0) is 24.3 Å². The fourth-order valence-corrected chi connectivity index (χ4v) is 1.69. The highest BCUT2D eigenvalue weighted by Gasteiger charge is 2.14. The number of benzene rings is 2. The van der Waals surface area contributed by atoms with E-state index < -0.39 is 17.5 Å². The molecule has 3 nitrogen and oxygen atoms in total. The Morgan fingerprint density at radius 1 is 1.21 bits per heavy atom. The molecule has 0 saturated heterocycles. The Hall–Kier alpha value is -2.14. The molecule has 6 heteroatoms. The third kappa shape index (κ3) is 2.82. The fraction of sp³-hybridized carbons (Fsp3) is 0. The van der Waals surface area contributed by atoms with Crippen LogP contribution in [0.2, 0.25) is 5.02 Å². The molecule has 98 valence electrons. The number of hydrogen-bond acceptors (Lipinski definition) is 2. The Bertz CT molecular complexity index is 647. The van der Waals surface area contributed by atoms with Crippen molar-refractivity contribution < 1.29 is 13.6 Å². The van der Waals surface area contributed by atoms with Crippen molar-refractivity contribution in [2.24, 2.45) is 0 Å². The monoisotopic (exact) mass is 282 g/mol. The van der Waals surface area contributed by atoms with Gasteiger partial charge in [-0.2, -0.15) is 0 Å². The van der Waals surface area contributed by atoms with E-state index in [4.69, 9.17) is 17.3 Å². The topological polar surface area (TPSA) is 55.1 Å². The number of carbonyl (C=O) groups is 1. The summed E-state index contributed by atoms with van der Waals surface area (Å²) < 4.78 is 26.4. The first-order valence-corrected chi connectivity index (χ1v) is 5.67. The number of amides is 1. The minimum atomic E-state index is -0.740. The molecule has 19 heavy (non-hydrogen) atoms. The number of carbonyl (C=O) groups excluding carboxylic acids is 1. The highest BCUT2D eigenvalue weighted by atomic mass is 35.5. The van der Waals surface area contributed by atoms with Crippen molar-refractivity contribution >= 4 is 28.9 Å². The number of halogens is 3. The van der Waals surface area contributed by atoms with Gasteiger partial charge in [0, 0.05) is 6.07 Å². The number of para-hydroxylation sites is 1. The molecule has 2 aromatic rings. The highest BCUT2D eigenvalue weighted by Crippen LogP contribution is 2.24. The van der Waals surface area contributed by atoms with E-state index in [2.05, 4.69) is 5.32 Å². The van der Waals surface area contributed by atoms with Gasteiger partial charge in [0.15, 0.2) is 0 Å². The van der Waals surface area contributed by atoms with E-state index in [1.54, 1.807) is 0 Å². The molecule has 0 aliphatic rings. The minimum Gasteiger partial charge on any atom is -0.397 e. The molecule has 0 saturated carbocycles. The van der Waals surface area contributed by atoms with Crippen LogP contribution in [0.15, 0.2) is 36.4 Å². The van der Waals surface area contributed by atoms with Crippen molar-refractivity contribution in [1.82, 2.24) is 0 Å². The van der Waals surface area contributed by atoms with E-state index in [1.807, 2.05) is 0 Å². The van der Waals surface area contributed by atoms with Crippen molar-refractivity contribution in [1.29, 1.82) is 0 Å². The number of hydrogen-bond donors (Lipinski definition) is 2. The van der Waals surface area contributed by atoms with Gasteiger partial charge in [-0.3, -0.25) is 4.79 Å². The van der Waals surface area contributed by atoms with E-state index in [0.717, 1.165) is 18.2 Å². The average molecular weight is 283 g/mol. The summed E-state index contributed by atoms with van der Waals surface area (Å²) in [4.78, 5) is 11.9. The second kappa shape index (κ2) is 5.24. The summed E-state index contributed by atoms with van der Waals surface area (Å²) in [5.41, 5.74) is 5.56. The maximum Gasteiger partial charge on any atom is 0.257 e. The van der Waals surface area contributed by atoms with Gasteiger partial charge in [0.2, 0.25) is 0 Å². The summed E-state index contributed by atoms with van der Waals surface area (Å²) in [7, 11) is 0. The molecule has 0 spiro atoms. The normalized spacial score (nSPS) is 10.3. The molecule has 0 aliphatic heterocycles. The smallest absolute Gasteiger partial charge is 0.257 e. The van der Waals surface area contributed by atoms with Gasteiger partial charge in [-0.25, -0.2) is 8.78 Å². The molecular weight excluding hydrogens is 274 g/mol. The van der Waals surface area contributed by atoms with Crippen LogP contribution < -0.4 is 11.1 Å². The molecule has 1 amide bonds. The first kappa shape index (κ1) is 13.3. The van der Waals surface area contributed by atoms with Gasteiger partial charge in [0.25, 0.3) is 5.91 Å². The minimum absolute atomic E-state index is 0.0819. The van der Waals surface area contributed by atoms with Crippen molar-refractivity contribution in [3.05, 3.63) is 58.6 Å². The largest absolute Gasteiger partial charge is 0.397 e. The predicted molar refractivity (Wildman–Crippen MR) is 70.2 cm³/mol. The highest BCUT2D eigenvalue weighted by molar-refractivity contribution is 6.34. The Kier molecular flexibility index (Phi) is 3.66. The lowest BCUT2D eigenvalue weighted by atomic mass is 10.1. The summed E-state index contributed by atoms with van der Waals surface area (Å²) >= 11 is 5.78. The average Bonchev–Trinajstić information content (AvgIpc) is 2.37.